The van der Waals surface area contributed by atoms with E-state index in [2.05, 4.69) is 4.98 Å². The molecule has 0 aliphatic heterocycles. The Bertz CT molecular complexity index is 563. The molecular formula is C15H26N4O4S. The molecule has 8 N–H and O–H groups in total. The van der Waals surface area contributed by atoms with Crippen LogP contribution in [-0.4, -0.2) is 39.2 Å². The number of nitrogen functional groups attached to an aromatic ring is 1. The first-order valence-electron chi connectivity index (χ1n) is 7.76. The number of carbonyl (C=O) groups is 2. The maximum atomic E-state index is 11.8. The first-order valence-corrected chi connectivity index (χ1v) is 8.64. The molecule has 8 nitrogen and oxygen atoms in total. The quantitative estimate of drug-likeness (QED) is 0.382. The first-order chi connectivity index (χ1) is 11.1. The van der Waals surface area contributed by atoms with E-state index >= 15 is 0 Å². The second kappa shape index (κ2) is 8.95. The molecule has 9 heteroatoms. The Labute approximate surface area is 145 Å². The third kappa shape index (κ3) is 6.06. The van der Waals surface area contributed by atoms with Crippen LogP contribution in [-0.2, 0) is 16.0 Å². The number of thiazole rings is 1. The normalized spacial score (nSPS) is 16.5. The van der Waals surface area contributed by atoms with Crippen molar-refractivity contribution in [1.82, 2.24) is 4.98 Å². The lowest BCUT2D eigenvalue weighted by Gasteiger charge is -2.26. The SMILES string of the molecule is CC(C)C[C@H](O)[C@H](O)CC(C(N)=O)C(Cc1csc(N)n1)C(N)=O. The standard InChI is InChI=1S/C15H26N4O4S/c1-7(2)3-11(20)12(21)5-10(14(17)23)9(13(16)22)4-8-6-24-15(18)19-8/h6-7,9-12,20-21H,3-5H2,1-2H3,(H2,16,22)(H2,17,23)(H2,18,19)/t9?,10?,11-,12+/m0/s1. The summed E-state index contributed by atoms with van der Waals surface area (Å²) in [5, 5.41) is 22.1. The molecule has 0 aliphatic rings. The summed E-state index contributed by atoms with van der Waals surface area (Å²) in [6, 6.07) is 0. The van der Waals surface area contributed by atoms with Gasteiger partial charge in [-0.2, -0.15) is 0 Å². The Balaban J connectivity index is 2.88. The van der Waals surface area contributed by atoms with Crippen LogP contribution in [0.3, 0.4) is 0 Å². The third-order valence-electron chi connectivity index (χ3n) is 3.87. The van der Waals surface area contributed by atoms with E-state index in [0.717, 1.165) is 0 Å². The number of carbonyl (C=O) groups excluding carboxylic acids is 2. The van der Waals surface area contributed by atoms with Crippen molar-refractivity contribution in [3.05, 3.63) is 11.1 Å². The van der Waals surface area contributed by atoms with Crippen LogP contribution >= 0.6 is 11.3 Å². The molecular weight excluding hydrogens is 332 g/mol. The van der Waals surface area contributed by atoms with Crippen molar-refractivity contribution in [3.8, 4) is 0 Å². The van der Waals surface area contributed by atoms with Crippen LogP contribution in [0.15, 0.2) is 5.38 Å². The minimum Gasteiger partial charge on any atom is -0.390 e. The van der Waals surface area contributed by atoms with E-state index in [1.54, 1.807) is 5.38 Å². The summed E-state index contributed by atoms with van der Waals surface area (Å²) in [5.41, 5.74) is 16.9. The van der Waals surface area contributed by atoms with Crippen molar-refractivity contribution in [2.24, 2.45) is 29.2 Å². The summed E-state index contributed by atoms with van der Waals surface area (Å²) < 4.78 is 0. The lowest BCUT2D eigenvalue weighted by Crippen LogP contribution is -2.42. The Hall–Kier alpha value is -1.71. The monoisotopic (exact) mass is 358 g/mol. The van der Waals surface area contributed by atoms with Crippen LogP contribution in [0.5, 0.6) is 0 Å². The number of hydrogen-bond acceptors (Lipinski definition) is 7. The van der Waals surface area contributed by atoms with E-state index in [-0.39, 0.29) is 18.8 Å². The summed E-state index contributed by atoms with van der Waals surface area (Å²) >= 11 is 1.21. The number of amides is 2. The molecule has 1 aromatic heterocycles. The molecule has 0 spiro atoms. The van der Waals surface area contributed by atoms with Gasteiger partial charge in [-0.15, -0.1) is 11.3 Å². The number of rotatable bonds is 10. The Morgan fingerprint density at radius 3 is 2.08 bits per heavy atom. The summed E-state index contributed by atoms with van der Waals surface area (Å²) in [5.74, 6) is -3.22. The zero-order valence-electron chi connectivity index (χ0n) is 13.9. The van der Waals surface area contributed by atoms with Crippen LogP contribution in [0.4, 0.5) is 5.13 Å². The molecule has 136 valence electrons. The van der Waals surface area contributed by atoms with Gasteiger partial charge in [0.25, 0.3) is 0 Å². The summed E-state index contributed by atoms with van der Waals surface area (Å²) in [6.07, 6.45) is -1.85. The molecule has 0 radical (unpaired) electrons. The average molecular weight is 358 g/mol. The van der Waals surface area contributed by atoms with Gasteiger partial charge in [0.1, 0.15) is 0 Å². The lowest BCUT2D eigenvalue weighted by molar-refractivity contribution is -0.133. The van der Waals surface area contributed by atoms with Gasteiger partial charge in [-0.05, 0) is 18.8 Å². The van der Waals surface area contributed by atoms with Gasteiger partial charge in [0.2, 0.25) is 11.8 Å². The van der Waals surface area contributed by atoms with Gasteiger partial charge in [-0.25, -0.2) is 4.98 Å². The Morgan fingerprint density at radius 2 is 1.67 bits per heavy atom. The number of anilines is 1. The van der Waals surface area contributed by atoms with Crippen molar-refractivity contribution in [3.63, 3.8) is 0 Å². The predicted molar refractivity (Wildman–Crippen MR) is 91.7 cm³/mol. The maximum Gasteiger partial charge on any atom is 0.221 e. The summed E-state index contributed by atoms with van der Waals surface area (Å²) in [4.78, 5) is 27.7. The zero-order chi connectivity index (χ0) is 18.4. The molecule has 0 fully saturated rings. The van der Waals surface area contributed by atoms with Gasteiger partial charge in [-0.1, -0.05) is 13.8 Å². The van der Waals surface area contributed by atoms with Crippen molar-refractivity contribution in [2.45, 2.75) is 45.3 Å². The van der Waals surface area contributed by atoms with E-state index in [9.17, 15) is 19.8 Å². The smallest absolute Gasteiger partial charge is 0.221 e. The van der Waals surface area contributed by atoms with Crippen LogP contribution in [0.25, 0.3) is 0 Å². The Morgan fingerprint density at radius 1 is 1.12 bits per heavy atom. The molecule has 1 rings (SSSR count). The number of hydrogen-bond donors (Lipinski definition) is 5. The molecule has 24 heavy (non-hydrogen) atoms. The average Bonchev–Trinajstić information content (AvgIpc) is 2.86. The Kier molecular flexibility index (Phi) is 7.59. The molecule has 0 saturated carbocycles. The molecule has 0 bridgehead atoms. The van der Waals surface area contributed by atoms with Crippen LogP contribution < -0.4 is 17.2 Å². The fourth-order valence-corrected chi connectivity index (χ4v) is 3.19. The molecule has 0 aromatic carbocycles. The van der Waals surface area contributed by atoms with Gasteiger partial charge in [-0.3, -0.25) is 9.59 Å². The minimum absolute atomic E-state index is 0.101. The number of primary amides is 2. The van der Waals surface area contributed by atoms with Gasteiger partial charge in [0.05, 0.1) is 29.7 Å². The molecule has 0 saturated heterocycles. The minimum atomic E-state index is -1.17. The molecule has 4 atom stereocenters. The fourth-order valence-electron chi connectivity index (χ4n) is 2.62. The fraction of sp³-hybridized carbons (Fsp3) is 0.667. The second-order valence-electron chi connectivity index (χ2n) is 6.40. The highest BCUT2D eigenvalue weighted by Crippen LogP contribution is 2.25. The van der Waals surface area contributed by atoms with Crippen LogP contribution in [0, 0.1) is 17.8 Å². The third-order valence-corrected chi connectivity index (χ3v) is 4.59. The van der Waals surface area contributed by atoms with Gasteiger partial charge < -0.3 is 27.4 Å². The maximum absolute atomic E-state index is 11.8. The van der Waals surface area contributed by atoms with Crippen molar-refractivity contribution >= 4 is 28.3 Å². The molecule has 1 aromatic rings. The van der Waals surface area contributed by atoms with E-state index < -0.39 is 35.9 Å². The summed E-state index contributed by atoms with van der Waals surface area (Å²) in [7, 11) is 0. The highest BCUT2D eigenvalue weighted by molar-refractivity contribution is 7.13. The van der Waals surface area contributed by atoms with Gasteiger partial charge >= 0.3 is 0 Å². The second-order valence-corrected chi connectivity index (χ2v) is 7.29. The van der Waals surface area contributed by atoms with Crippen molar-refractivity contribution in [2.75, 3.05) is 5.73 Å². The van der Waals surface area contributed by atoms with Crippen LogP contribution in [0.2, 0.25) is 0 Å². The van der Waals surface area contributed by atoms with E-state index in [0.29, 0.717) is 17.2 Å². The molecule has 1 heterocycles. The highest BCUT2D eigenvalue weighted by atomic mass is 32.1. The van der Waals surface area contributed by atoms with Crippen molar-refractivity contribution in [1.29, 1.82) is 0 Å². The lowest BCUT2D eigenvalue weighted by atomic mass is 9.82. The van der Waals surface area contributed by atoms with E-state index in [1.807, 2.05) is 13.8 Å². The number of aliphatic hydroxyl groups excluding tert-OH is 2. The predicted octanol–water partition coefficient (Wildman–Crippen LogP) is -0.371. The number of nitrogens with zero attached hydrogens (tertiary/aromatic N) is 1. The summed E-state index contributed by atoms with van der Waals surface area (Å²) in [6.45, 7) is 3.81. The number of aromatic nitrogens is 1. The van der Waals surface area contributed by atoms with Gasteiger partial charge in [0, 0.05) is 11.8 Å². The molecule has 0 aliphatic carbocycles. The highest BCUT2D eigenvalue weighted by Gasteiger charge is 2.35. The number of aliphatic hydroxyl groups is 2. The first kappa shape index (κ1) is 20.3. The van der Waals surface area contributed by atoms with Crippen molar-refractivity contribution < 1.29 is 19.8 Å². The van der Waals surface area contributed by atoms with Crippen LogP contribution in [0.1, 0.15) is 32.4 Å². The number of nitrogens with two attached hydrogens (primary N) is 3. The molecule has 2 unspecified atom stereocenters. The van der Waals surface area contributed by atoms with E-state index in [1.165, 1.54) is 11.3 Å². The van der Waals surface area contributed by atoms with Gasteiger partial charge in [0.15, 0.2) is 5.13 Å². The largest absolute Gasteiger partial charge is 0.390 e. The molecule has 2 amide bonds. The topological polar surface area (TPSA) is 166 Å². The zero-order valence-corrected chi connectivity index (χ0v) is 14.7. The van der Waals surface area contributed by atoms with E-state index in [4.69, 9.17) is 17.2 Å².